The molecular formula is C40H41N3O6S. The molecule has 0 N–H and O–H groups in total. The summed E-state index contributed by atoms with van der Waals surface area (Å²) in [5.41, 5.74) is 6.24. The first-order chi connectivity index (χ1) is 24.1. The standard InChI is InChI=1S/C40H41N3O6S/c1-8-47-39(45)36-26(5)41-40-43(37(36)29-14-19-33(49-24(2)3)34(21-29)46-7)38(44)35(50-40)22-30-20-25(4)42(27(30)6)31-15-17-32(18-16-31)48-23-28-12-10-9-11-13-28/h9-22,24,37H,8,23H2,1-7H3/b35-22+/t37-/m0/s1. The van der Waals surface area contributed by atoms with Crippen molar-refractivity contribution < 1.29 is 23.7 Å². The number of carbonyl (C=O) groups is 1. The third kappa shape index (κ3) is 6.89. The minimum atomic E-state index is -0.774. The van der Waals surface area contributed by atoms with E-state index in [9.17, 15) is 9.59 Å². The lowest BCUT2D eigenvalue weighted by atomic mass is 9.95. The Balaban J connectivity index is 1.38. The Bertz CT molecular complexity index is 2240. The van der Waals surface area contributed by atoms with Crippen LogP contribution in [-0.2, 0) is 16.1 Å². The quantitative estimate of drug-likeness (QED) is 0.145. The smallest absolute Gasteiger partial charge is 0.338 e. The number of ether oxygens (including phenoxy) is 4. The first-order valence-corrected chi connectivity index (χ1v) is 17.4. The van der Waals surface area contributed by atoms with Crippen LogP contribution in [0.1, 0.15) is 61.8 Å². The molecule has 258 valence electrons. The van der Waals surface area contributed by atoms with E-state index >= 15 is 0 Å². The largest absolute Gasteiger partial charge is 0.493 e. The highest BCUT2D eigenvalue weighted by atomic mass is 32.1. The van der Waals surface area contributed by atoms with Crippen molar-refractivity contribution in [3.8, 4) is 22.9 Å². The van der Waals surface area contributed by atoms with Crippen LogP contribution in [0.15, 0.2) is 99.9 Å². The molecule has 0 saturated heterocycles. The lowest BCUT2D eigenvalue weighted by Crippen LogP contribution is -2.40. The van der Waals surface area contributed by atoms with Gasteiger partial charge in [0.2, 0.25) is 0 Å². The van der Waals surface area contributed by atoms with Crippen molar-refractivity contribution in [1.29, 1.82) is 0 Å². The minimum Gasteiger partial charge on any atom is -0.493 e. The molecule has 9 nitrogen and oxygen atoms in total. The van der Waals surface area contributed by atoms with Crippen LogP contribution in [0.4, 0.5) is 0 Å². The van der Waals surface area contributed by atoms with Crippen LogP contribution < -0.4 is 29.1 Å². The zero-order valence-electron chi connectivity index (χ0n) is 29.4. The number of esters is 1. The molecule has 1 atom stereocenters. The zero-order chi connectivity index (χ0) is 35.5. The number of aryl methyl sites for hydroxylation is 1. The van der Waals surface area contributed by atoms with Gasteiger partial charge in [0.1, 0.15) is 12.4 Å². The Hall–Kier alpha value is -5.35. The molecule has 0 fully saturated rings. The van der Waals surface area contributed by atoms with Crippen LogP contribution in [0, 0.1) is 13.8 Å². The van der Waals surface area contributed by atoms with E-state index in [4.69, 9.17) is 23.9 Å². The van der Waals surface area contributed by atoms with E-state index in [1.54, 1.807) is 31.6 Å². The molecule has 0 radical (unpaired) electrons. The van der Waals surface area contributed by atoms with Crippen LogP contribution in [0.3, 0.4) is 0 Å². The summed E-state index contributed by atoms with van der Waals surface area (Å²) in [6, 6.07) is 24.8. The highest BCUT2D eigenvalue weighted by molar-refractivity contribution is 7.07. The van der Waals surface area contributed by atoms with E-state index in [0.29, 0.717) is 44.3 Å². The Labute approximate surface area is 295 Å². The highest BCUT2D eigenvalue weighted by Crippen LogP contribution is 2.36. The number of methoxy groups -OCH3 is 1. The average Bonchev–Trinajstić information content (AvgIpc) is 3.56. The molecule has 50 heavy (non-hydrogen) atoms. The van der Waals surface area contributed by atoms with Gasteiger partial charge in [-0.2, -0.15) is 0 Å². The molecule has 0 unspecified atom stereocenters. The van der Waals surface area contributed by atoms with E-state index in [1.165, 1.54) is 11.3 Å². The van der Waals surface area contributed by atoms with E-state index in [1.807, 2.05) is 101 Å². The van der Waals surface area contributed by atoms with Gasteiger partial charge in [0.05, 0.1) is 41.7 Å². The second kappa shape index (κ2) is 14.6. The van der Waals surface area contributed by atoms with E-state index in [0.717, 1.165) is 34.0 Å². The predicted molar refractivity (Wildman–Crippen MR) is 195 cm³/mol. The Morgan fingerprint density at radius 1 is 0.980 bits per heavy atom. The number of fused-ring (bicyclic) bond motifs is 1. The molecule has 1 aliphatic rings. The second-order valence-electron chi connectivity index (χ2n) is 12.3. The van der Waals surface area contributed by atoms with Crippen molar-refractivity contribution >= 4 is 23.4 Å². The van der Waals surface area contributed by atoms with Gasteiger partial charge in [-0.1, -0.05) is 47.7 Å². The summed E-state index contributed by atoms with van der Waals surface area (Å²) in [5, 5.41) is 0. The zero-order valence-corrected chi connectivity index (χ0v) is 30.2. The topological polar surface area (TPSA) is 93.3 Å². The van der Waals surface area contributed by atoms with Gasteiger partial charge in [-0.05, 0) is 107 Å². The fraction of sp³-hybridized carbons (Fsp3) is 0.275. The fourth-order valence-corrected chi connectivity index (χ4v) is 7.25. The van der Waals surface area contributed by atoms with Crippen molar-refractivity contribution in [3.05, 3.63) is 138 Å². The molecule has 5 aromatic rings. The van der Waals surface area contributed by atoms with Crippen molar-refractivity contribution in [1.82, 2.24) is 9.13 Å². The number of hydrogen-bond donors (Lipinski definition) is 0. The summed E-state index contributed by atoms with van der Waals surface area (Å²) < 4.78 is 27.3. The maximum absolute atomic E-state index is 14.3. The summed E-state index contributed by atoms with van der Waals surface area (Å²) in [7, 11) is 1.57. The number of aromatic nitrogens is 2. The summed E-state index contributed by atoms with van der Waals surface area (Å²) in [4.78, 5) is 32.9. The molecule has 0 spiro atoms. The van der Waals surface area contributed by atoms with Gasteiger partial charge >= 0.3 is 5.97 Å². The van der Waals surface area contributed by atoms with Gasteiger partial charge in [0.15, 0.2) is 16.3 Å². The number of rotatable bonds is 11. The fourth-order valence-electron chi connectivity index (χ4n) is 6.22. The van der Waals surface area contributed by atoms with Crippen LogP contribution >= 0.6 is 11.3 Å². The molecule has 6 rings (SSSR count). The van der Waals surface area contributed by atoms with Gasteiger partial charge in [-0.15, -0.1) is 0 Å². The van der Waals surface area contributed by atoms with E-state index in [2.05, 4.69) is 10.6 Å². The number of thiazole rings is 1. The lowest BCUT2D eigenvalue weighted by Gasteiger charge is -2.25. The first kappa shape index (κ1) is 34.5. The molecule has 0 aliphatic carbocycles. The van der Waals surface area contributed by atoms with Crippen molar-refractivity contribution in [2.45, 2.75) is 60.3 Å². The molecular weight excluding hydrogens is 651 g/mol. The molecule has 3 aromatic carbocycles. The van der Waals surface area contributed by atoms with Gasteiger partial charge in [0, 0.05) is 17.1 Å². The number of hydrogen-bond acceptors (Lipinski definition) is 8. The van der Waals surface area contributed by atoms with Crippen LogP contribution in [0.2, 0.25) is 0 Å². The number of benzene rings is 3. The third-order valence-corrected chi connectivity index (χ3v) is 9.47. The summed E-state index contributed by atoms with van der Waals surface area (Å²) in [6.45, 7) is 12.2. The SMILES string of the molecule is CCOC(=O)C1=C(C)N=c2s/c(=C/c3cc(C)n(-c4ccc(OCc5ccccc5)cc4)c3C)c(=O)n2[C@H]1c1ccc(OC(C)C)c(OC)c1. The van der Waals surface area contributed by atoms with Gasteiger partial charge in [-0.25, -0.2) is 9.79 Å². The van der Waals surface area contributed by atoms with Gasteiger partial charge < -0.3 is 23.5 Å². The van der Waals surface area contributed by atoms with Crippen molar-refractivity contribution in [3.63, 3.8) is 0 Å². The summed E-state index contributed by atoms with van der Waals surface area (Å²) in [6.07, 6.45) is 1.84. The molecule has 1 aliphatic heterocycles. The van der Waals surface area contributed by atoms with Crippen molar-refractivity contribution in [2.24, 2.45) is 4.99 Å². The van der Waals surface area contributed by atoms with Gasteiger partial charge in [0.25, 0.3) is 5.56 Å². The van der Waals surface area contributed by atoms with Crippen LogP contribution in [0.5, 0.6) is 17.2 Å². The molecule has 0 saturated carbocycles. The summed E-state index contributed by atoms with van der Waals surface area (Å²) in [5.74, 6) is 1.34. The second-order valence-corrected chi connectivity index (χ2v) is 13.3. The maximum atomic E-state index is 14.3. The number of carbonyl (C=O) groups excluding carboxylic acids is 1. The third-order valence-electron chi connectivity index (χ3n) is 8.48. The molecule has 3 heterocycles. The van der Waals surface area contributed by atoms with Crippen molar-refractivity contribution in [2.75, 3.05) is 13.7 Å². The minimum absolute atomic E-state index is 0.0649. The molecule has 0 amide bonds. The van der Waals surface area contributed by atoms with Crippen LogP contribution in [0.25, 0.3) is 11.8 Å². The monoisotopic (exact) mass is 691 g/mol. The molecule has 0 bridgehead atoms. The Morgan fingerprint density at radius 3 is 2.40 bits per heavy atom. The molecule has 2 aromatic heterocycles. The molecule has 10 heteroatoms. The predicted octanol–water partition coefficient (Wildman–Crippen LogP) is 6.58. The van der Waals surface area contributed by atoms with Crippen LogP contribution in [-0.4, -0.2) is 34.9 Å². The summed E-state index contributed by atoms with van der Waals surface area (Å²) >= 11 is 1.29. The number of nitrogens with zero attached hydrogens (tertiary/aromatic N) is 3. The first-order valence-electron chi connectivity index (χ1n) is 16.6. The Kier molecular flexibility index (Phi) is 10.1. The lowest BCUT2D eigenvalue weighted by molar-refractivity contribution is -0.139. The highest BCUT2D eigenvalue weighted by Gasteiger charge is 2.34. The Morgan fingerprint density at radius 2 is 1.72 bits per heavy atom. The average molecular weight is 692 g/mol. The van der Waals surface area contributed by atoms with Gasteiger partial charge in [-0.3, -0.25) is 9.36 Å². The normalized spacial score (nSPS) is 14.4. The van der Waals surface area contributed by atoms with E-state index < -0.39 is 12.0 Å². The maximum Gasteiger partial charge on any atom is 0.338 e. The number of allylic oxidation sites excluding steroid dienone is 1. The van der Waals surface area contributed by atoms with E-state index in [-0.39, 0.29) is 18.3 Å².